The lowest BCUT2D eigenvalue weighted by atomic mass is 10.0. The lowest BCUT2D eigenvalue weighted by molar-refractivity contribution is -0.384. The van der Waals surface area contributed by atoms with Crippen molar-refractivity contribution < 1.29 is 22.9 Å². The maximum atomic E-state index is 14.0. The topological polar surface area (TPSA) is 130 Å². The van der Waals surface area contributed by atoms with Gasteiger partial charge in [-0.2, -0.15) is 0 Å². The zero-order valence-corrected chi connectivity index (χ0v) is 24.6. The van der Waals surface area contributed by atoms with Crippen LogP contribution in [0.2, 0.25) is 5.02 Å². The number of nitrogens with zero attached hydrogens (tertiary/aromatic N) is 3. The van der Waals surface area contributed by atoms with E-state index in [2.05, 4.69) is 5.32 Å². The van der Waals surface area contributed by atoms with E-state index >= 15 is 0 Å². The quantitative estimate of drug-likeness (QED) is 0.226. The molecule has 2 atom stereocenters. The summed E-state index contributed by atoms with van der Waals surface area (Å²) in [6.45, 7) is 3.11. The maximum absolute atomic E-state index is 14.0. The van der Waals surface area contributed by atoms with Crippen molar-refractivity contribution in [2.75, 3.05) is 17.1 Å². The molecule has 0 heterocycles. The first-order valence-electron chi connectivity index (χ1n) is 13.0. The van der Waals surface area contributed by atoms with E-state index < -0.39 is 33.4 Å². The Kier molecular flexibility index (Phi) is 10.8. The number of sulfonamides is 1. The van der Waals surface area contributed by atoms with Gasteiger partial charge in [-0.05, 0) is 42.7 Å². The minimum atomic E-state index is -4.05. The molecule has 3 rings (SSSR count). The van der Waals surface area contributed by atoms with Gasteiger partial charge in [-0.25, -0.2) is 8.42 Å². The minimum Gasteiger partial charge on any atom is -0.352 e. The molecular formula is C29H33ClN4O6S. The number of carbonyl (C=O) groups is 2. The number of halogens is 1. The summed E-state index contributed by atoms with van der Waals surface area (Å²) in [5.74, 6) is -1.04. The van der Waals surface area contributed by atoms with Crippen LogP contribution in [-0.2, 0) is 32.6 Å². The van der Waals surface area contributed by atoms with Crippen LogP contribution in [0, 0.1) is 10.1 Å². The molecular weight excluding hydrogens is 568 g/mol. The summed E-state index contributed by atoms with van der Waals surface area (Å²) in [6, 6.07) is 19.9. The number of non-ortho nitro benzene ring substituents is 1. The standard InChI is InChI=1S/C29H33ClN4O6S/c1-4-21(2)31-29(36)27(17-22-9-6-5-7-10-22)32(19-23-13-15-24(30)16-14-23)28(35)20-33(41(3,39)40)25-11-8-12-26(18-25)34(37)38/h5-16,18,21,27H,4,17,19-20H2,1-3H3,(H,31,36)/t21-,27-/m1/s1. The van der Waals surface area contributed by atoms with Gasteiger partial charge in [0.15, 0.2) is 0 Å². The molecule has 0 saturated heterocycles. The van der Waals surface area contributed by atoms with Gasteiger partial charge in [0.1, 0.15) is 12.6 Å². The lowest BCUT2D eigenvalue weighted by Crippen LogP contribution is -2.54. The van der Waals surface area contributed by atoms with Crippen LogP contribution in [0.5, 0.6) is 0 Å². The summed E-state index contributed by atoms with van der Waals surface area (Å²) in [4.78, 5) is 39.7. The summed E-state index contributed by atoms with van der Waals surface area (Å²) < 4.78 is 26.5. The lowest BCUT2D eigenvalue weighted by Gasteiger charge is -2.34. The second kappa shape index (κ2) is 14.1. The summed E-state index contributed by atoms with van der Waals surface area (Å²) in [5.41, 5.74) is 1.13. The molecule has 3 aromatic carbocycles. The van der Waals surface area contributed by atoms with E-state index in [1.807, 2.05) is 44.2 Å². The van der Waals surface area contributed by atoms with Crippen molar-refractivity contribution in [3.63, 3.8) is 0 Å². The Morgan fingerprint density at radius 1 is 1.00 bits per heavy atom. The first-order chi connectivity index (χ1) is 19.4. The fourth-order valence-electron chi connectivity index (χ4n) is 4.16. The van der Waals surface area contributed by atoms with E-state index in [4.69, 9.17) is 11.6 Å². The second-order valence-corrected chi connectivity index (χ2v) is 12.1. The highest BCUT2D eigenvalue weighted by molar-refractivity contribution is 7.92. The number of anilines is 1. The zero-order chi connectivity index (χ0) is 30.2. The second-order valence-electron chi connectivity index (χ2n) is 9.72. The van der Waals surface area contributed by atoms with Crippen molar-refractivity contribution in [2.45, 2.75) is 45.3 Å². The van der Waals surface area contributed by atoms with Crippen molar-refractivity contribution in [3.05, 3.63) is 105 Å². The number of amides is 2. The third kappa shape index (κ3) is 9.02. The van der Waals surface area contributed by atoms with E-state index in [0.29, 0.717) is 17.0 Å². The summed E-state index contributed by atoms with van der Waals surface area (Å²) in [7, 11) is -4.05. The highest BCUT2D eigenvalue weighted by Crippen LogP contribution is 2.24. The van der Waals surface area contributed by atoms with Crippen LogP contribution in [0.4, 0.5) is 11.4 Å². The monoisotopic (exact) mass is 600 g/mol. The average molecular weight is 601 g/mol. The molecule has 0 aliphatic carbocycles. The molecule has 218 valence electrons. The molecule has 12 heteroatoms. The predicted octanol–water partition coefficient (Wildman–Crippen LogP) is 4.57. The third-order valence-corrected chi connectivity index (χ3v) is 7.94. The van der Waals surface area contributed by atoms with Gasteiger partial charge < -0.3 is 10.2 Å². The predicted molar refractivity (Wildman–Crippen MR) is 159 cm³/mol. The Hall–Kier alpha value is -3.96. The molecule has 0 aliphatic rings. The van der Waals surface area contributed by atoms with Gasteiger partial charge in [-0.3, -0.25) is 24.0 Å². The van der Waals surface area contributed by atoms with Crippen LogP contribution < -0.4 is 9.62 Å². The van der Waals surface area contributed by atoms with Crippen molar-refractivity contribution >= 4 is 44.8 Å². The molecule has 0 fully saturated rings. The number of hydrogen-bond acceptors (Lipinski definition) is 6. The summed E-state index contributed by atoms with van der Waals surface area (Å²) in [5, 5.41) is 14.8. The van der Waals surface area contributed by atoms with Gasteiger partial charge in [0.2, 0.25) is 21.8 Å². The molecule has 0 radical (unpaired) electrons. The van der Waals surface area contributed by atoms with Crippen LogP contribution in [0.1, 0.15) is 31.4 Å². The number of nitro benzene ring substituents is 1. The molecule has 0 saturated carbocycles. The fraction of sp³-hybridized carbons (Fsp3) is 0.310. The van der Waals surface area contributed by atoms with Crippen LogP contribution in [0.25, 0.3) is 0 Å². The molecule has 10 nitrogen and oxygen atoms in total. The van der Waals surface area contributed by atoms with Crippen LogP contribution >= 0.6 is 11.6 Å². The summed E-state index contributed by atoms with van der Waals surface area (Å²) in [6.07, 6.45) is 1.77. The van der Waals surface area contributed by atoms with Crippen LogP contribution in [-0.4, -0.2) is 54.9 Å². The van der Waals surface area contributed by atoms with Gasteiger partial charge in [0.25, 0.3) is 5.69 Å². The fourth-order valence-corrected chi connectivity index (χ4v) is 5.12. The van der Waals surface area contributed by atoms with Gasteiger partial charge in [0, 0.05) is 36.2 Å². The van der Waals surface area contributed by atoms with Crippen molar-refractivity contribution in [1.82, 2.24) is 10.2 Å². The summed E-state index contributed by atoms with van der Waals surface area (Å²) >= 11 is 6.06. The largest absolute Gasteiger partial charge is 0.352 e. The van der Waals surface area contributed by atoms with E-state index in [-0.39, 0.29) is 36.3 Å². The molecule has 0 bridgehead atoms. The SMILES string of the molecule is CC[C@@H](C)NC(=O)[C@@H](Cc1ccccc1)N(Cc1ccc(Cl)cc1)C(=O)CN(c1cccc([N+](=O)[O-])c1)S(C)(=O)=O. The zero-order valence-electron chi connectivity index (χ0n) is 23.1. The third-order valence-electron chi connectivity index (χ3n) is 6.55. The highest BCUT2D eigenvalue weighted by Gasteiger charge is 2.33. The van der Waals surface area contributed by atoms with Gasteiger partial charge in [-0.15, -0.1) is 0 Å². The van der Waals surface area contributed by atoms with Crippen molar-refractivity contribution in [2.24, 2.45) is 0 Å². The first kappa shape index (κ1) is 31.6. The number of rotatable bonds is 13. The van der Waals surface area contributed by atoms with E-state index in [1.165, 1.54) is 23.1 Å². The average Bonchev–Trinajstić information content (AvgIpc) is 2.94. The Morgan fingerprint density at radius 2 is 1.66 bits per heavy atom. The molecule has 1 N–H and O–H groups in total. The first-order valence-corrected chi connectivity index (χ1v) is 15.2. The Balaban J connectivity index is 2.07. The normalized spacial score (nSPS) is 12.7. The van der Waals surface area contributed by atoms with Gasteiger partial charge in [-0.1, -0.05) is 67.1 Å². The highest BCUT2D eigenvalue weighted by atomic mass is 35.5. The van der Waals surface area contributed by atoms with Gasteiger partial charge in [0.05, 0.1) is 16.9 Å². The molecule has 41 heavy (non-hydrogen) atoms. The molecule has 0 aliphatic heterocycles. The van der Waals surface area contributed by atoms with Gasteiger partial charge >= 0.3 is 0 Å². The molecule has 0 unspecified atom stereocenters. The Morgan fingerprint density at radius 3 is 2.24 bits per heavy atom. The number of nitrogens with one attached hydrogen (secondary N) is 1. The number of carbonyl (C=O) groups excluding carboxylic acids is 2. The van der Waals surface area contributed by atoms with Crippen LogP contribution in [0.15, 0.2) is 78.9 Å². The smallest absolute Gasteiger partial charge is 0.271 e. The Bertz CT molecular complexity index is 1470. The Labute approximate surface area is 245 Å². The van der Waals surface area contributed by atoms with Crippen molar-refractivity contribution in [1.29, 1.82) is 0 Å². The molecule has 0 spiro atoms. The molecule has 2 amide bonds. The molecule has 0 aromatic heterocycles. The number of nitro groups is 1. The minimum absolute atomic E-state index is 0.00598. The van der Waals surface area contributed by atoms with E-state index in [9.17, 15) is 28.1 Å². The maximum Gasteiger partial charge on any atom is 0.271 e. The van der Waals surface area contributed by atoms with Crippen LogP contribution in [0.3, 0.4) is 0 Å². The van der Waals surface area contributed by atoms with E-state index in [0.717, 1.165) is 22.2 Å². The van der Waals surface area contributed by atoms with Crippen molar-refractivity contribution in [3.8, 4) is 0 Å². The molecule has 3 aromatic rings. The van der Waals surface area contributed by atoms with E-state index in [1.54, 1.807) is 24.3 Å². The number of hydrogen-bond donors (Lipinski definition) is 1. The number of benzene rings is 3.